The van der Waals surface area contributed by atoms with E-state index in [1.165, 1.54) is 0 Å². The van der Waals surface area contributed by atoms with Crippen molar-refractivity contribution < 1.29 is 32.2 Å². The minimum atomic E-state index is -3.78. The Morgan fingerprint density at radius 2 is 1.38 bits per heavy atom. The highest BCUT2D eigenvalue weighted by atomic mass is 32.2. The van der Waals surface area contributed by atoms with E-state index >= 15 is 0 Å². The van der Waals surface area contributed by atoms with Crippen molar-refractivity contribution in [3.63, 3.8) is 0 Å². The number of hydrogen-bond acceptors (Lipinski definition) is 5. The molecule has 1 aliphatic heterocycles. The number of rotatable bonds is 8. The van der Waals surface area contributed by atoms with E-state index in [1.807, 2.05) is 0 Å². The first-order valence-electron chi connectivity index (χ1n) is 6.83. The maximum absolute atomic E-state index is 11.6. The van der Waals surface area contributed by atoms with E-state index in [2.05, 4.69) is 0 Å². The zero-order valence-corrected chi connectivity index (χ0v) is 12.6. The van der Waals surface area contributed by atoms with Gasteiger partial charge in [-0.1, -0.05) is 25.7 Å². The van der Waals surface area contributed by atoms with Crippen LogP contribution in [-0.4, -0.2) is 47.5 Å². The lowest BCUT2D eigenvalue weighted by molar-refractivity contribution is -0.171. The standard InChI is InChI=1S/C8H17FO3S.C4H5NO3/c9-7-5-3-1-2-4-6-8-13(10,11)12;6-3-1-2-4(7)5(3)8/h1-8H2,(H,10,11,12);8H,1-2H2. The summed E-state index contributed by atoms with van der Waals surface area (Å²) < 4.78 is 40.5. The largest absolute Gasteiger partial charge is 0.286 e. The molecule has 0 bridgehead atoms. The number of amides is 2. The molecule has 0 radical (unpaired) electrons. The third kappa shape index (κ3) is 11.3. The Balaban J connectivity index is 0.000000423. The Labute approximate surface area is 123 Å². The summed E-state index contributed by atoms with van der Waals surface area (Å²) in [6.07, 6.45) is 4.89. The van der Waals surface area contributed by atoms with Gasteiger partial charge in [-0.05, 0) is 12.8 Å². The fraction of sp³-hybridized carbons (Fsp3) is 0.833. The molecule has 1 fully saturated rings. The van der Waals surface area contributed by atoms with Gasteiger partial charge in [-0.2, -0.15) is 13.5 Å². The SMILES string of the molecule is O=C1CCC(=O)N1O.O=S(=O)(O)CCCCCCCCF. The normalized spacial score (nSPS) is 15.1. The Hall–Kier alpha value is -1.06. The number of carbonyl (C=O) groups is 2. The van der Waals surface area contributed by atoms with E-state index < -0.39 is 21.9 Å². The maximum atomic E-state index is 11.6. The Bertz CT molecular complexity index is 409. The maximum Gasteiger partial charge on any atom is 0.264 e. The van der Waals surface area contributed by atoms with Gasteiger partial charge >= 0.3 is 0 Å². The van der Waals surface area contributed by atoms with Crippen molar-refractivity contribution in [2.45, 2.75) is 51.4 Å². The van der Waals surface area contributed by atoms with Crippen molar-refractivity contribution in [3.8, 4) is 0 Å². The molecule has 0 aromatic heterocycles. The van der Waals surface area contributed by atoms with Crippen LogP contribution in [0.5, 0.6) is 0 Å². The predicted octanol–water partition coefficient (Wildman–Crippen LogP) is 1.71. The van der Waals surface area contributed by atoms with Crippen LogP contribution in [0.4, 0.5) is 4.39 Å². The van der Waals surface area contributed by atoms with Crippen LogP contribution in [0.2, 0.25) is 0 Å². The number of carbonyl (C=O) groups excluding carboxylic acids is 2. The summed E-state index contributed by atoms with van der Waals surface area (Å²) in [5.41, 5.74) is 0. The Morgan fingerprint density at radius 3 is 1.71 bits per heavy atom. The highest BCUT2D eigenvalue weighted by Crippen LogP contribution is 2.07. The predicted molar refractivity (Wildman–Crippen MR) is 73.0 cm³/mol. The minimum Gasteiger partial charge on any atom is -0.286 e. The van der Waals surface area contributed by atoms with Crippen LogP contribution in [0.1, 0.15) is 51.4 Å². The Morgan fingerprint density at radius 1 is 0.952 bits per heavy atom. The monoisotopic (exact) mass is 327 g/mol. The summed E-state index contributed by atoms with van der Waals surface area (Å²) in [7, 11) is -3.78. The molecule has 2 N–H and O–H groups in total. The topological polar surface area (TPSA) is 112 Å². The van der Waals surface area contributed by atoms with E-state index in [-0.39, 0.29) is 30.3 Å². The quantitative estimate of drug-likeness (QED) is 0.304. The Kier molecular flexibility index (Phi) is 10.1. The fourth-order valence-electron chi connectivity index (χ4n) is 1.65. The molecule has 2 amide bonds. The van der Waals surface area contributed by atoms with Crippen LogP contribution in [0, 0.1) is 0 Å². The number of halogens is 1. The highest BCUT2D eigenvalue weighted by molar-refractivity contribution is 7.85. The molecule has 1 heterocycles. The van der Waals surface area contributed by atoms with Crippen molar-refractivity contribution in [1.29, 1.82) is 0 Å². The van der Waals surface area contributed by atoms with Crippen LogP contribution in [0.3, 0.4) is 0 Å². The number of imide groups is 1. The van der Waals surface area contributed by atoms with E-state index in [1.54, 1.807) is 0 Å². The second-order valence-electron chi connectivity index (χ2n) is 4.70. The third-order valence-corrected chi connectivity index (χ3v) is 3.62. The van der Waals surface area contributed by atoms with Gasteiger partial charge in [0.25, 0.3) is 21.9 Å². The summed E-state index contributed by atoms with van der Waals surface area (Å²) >= 11 is 0. The smallest absolute Gasteiger partial charge is 0.264 e. The number of hydroxylamine groups is 2. The molecule has 7 nitrogen and oxygen atoms in total. The molecule has 1 saturated heterocycles. The van der Waals surface area contributed by atoms with Gasteiger partial charge in [0.05, 0.1) is 12.4 Å². The fourth-order valence-corrected chi connectivity index (χ4v) is 2.22. The molecular formula is C12H22FNO6S. The van der Waals surface area contributed by atoms with Gasteiger partial charge in [-0.3, -0.25) is 23.7 Å². The molecular weight excluding hydrogens is 305 g/mol. The van der Waals surface area contributed by atoms with E-state index in [9.17, 15) is 22.4 Å². The lowest BCUT2D eigenvalue weighted by atomic mass is 10.1. The van der Waals surface area contributed by atoms with Crippen LogP contribution in [0.15, 0.2) is 0 Å². The molecule has 21 heavy (non-hydrogen) atoms. The molecule has 1 rings (SSSR count). The first kappa shape index (κ1) is 19.9. The van der Waals surface area contributed by atoms with Crippen molar-refractivity contribution in [3.05, 3.63) is 0 Å². The van der Waals surface area contributed by atoms with Gasteiger partial charge in [0.15, 0.2) is 0 Å². The van der Waals surface area contributed by atoms with Crippen molar-refractivity contribution in [2.24, 2.45) is 0 Å². The zero-order valence-electron chi connectivity index (χ0n) is 11.8. The molecule has 0 spiro atoms. The molecule has 0 unspecified atom stereocenters. The van der Waals surface area contributed by atoms with Crippen LogP contribution < -0.4 is 0 Å². The molecule has 0 atom stereocenters. The molecule has 124 valence electrons. The van der Waals surface area contributed by atoms with Gasteiger partial charge in [0.1, 0.15) is 0 Å². The third-order valence-electron chi connectivity index (χ3n) is 2.81. The van der Waals surface area contributed by atoms with Gasteiger partial charge in [-0.25, -0.2) is 0 Å². The van der Waals surface area contributed by atoms with Gasteiger partial charge in [0, 0.05) is 12.8 Å². The van der Waals surface area contributed by atoms with E-state index in [0.29, 0.717) is 12.8 Å². The number of unbranched alkanes of at least 4 members (excludes halogenated alkanes) is 5. The van der Waals surface area contributed by atoms with Crippen LogP contribution in [0.25, 0.3) is 0 Å². The first-order valence-corrected chi connectivity index (χ1v) is 8.44. The van der Waals surface area contributed by atoms with Crippen LogP contribution >= 0.6 is 0 Å². The number of nitrogens with zero attached hydrogens (tertiary/aromatic N) is 1. The summed E-state index contributed by atoms with van der Waals surface area (Å²) in [6, 6.07) is 0. The summed E-state index contributed by atoms with van der Waals surface area (Å²) in [6.45, 7) is -0.273. The molecule has 9 heteroatoms. The molecule has 0 aliphatic carbocycles. The van der Waals surface area contributed by atoms with E-state index in [4.69, 9.17) is 9.76 Å². The van der Waals surface area contributed by atoms with Crippen molar-refractivity contribution >= 4 is 21.9 Å². The van der Waals surface area contributed by atoms with Crippen molar-refractivity contribution in [2.75, 3.05) is 12.4 Å². The molecule has 0 saturated carbocycles. The lowest BCUT2D eigenvalue weighted by Gasteiger charge is -1.98. The second-order valence-corrected chi connectivity index (χ2v) is 6.27. The molecule has 0 aromatic carbocycles. The zero-order chi connectivity index (χ0) is 16.3. The summed E-state index contributed by atoms with van der Waals surface area (Å²) in [5.74, 6) is -1.17. The van der Waals surface area contributed by atoms with Gasteiger partial charge in [0.2, 0.25) is 0 Å². The summed E-state index contributed by atoms with van der Waals surface area (Å²) in [5, 5.41) is 8.57. The average molecular weight is 327 g/mol. The lowest BCUT2D eigenvalue weighted by Crippen LogP contribution is -2.24. The summed E-state index contributed by atoms with van der Waals surface area (Å²) in [4.78, 5) is 20.5. The van der Waals surface area contributed by atoms with E-state index in [0.717, 1.165) is 25.7 Å². The minimum absolute atomic E-state index is 0.148. The molecule has 0 aromatic rings. The average Bonchev–Trinajstić information content (AvgIpc) is 2.69. The van der Waals surface area contributed by atoms with Gasteiger partial charge < -0.3 is 0 Å². The highest BCUT2D eigenvalue weighted by Gasteiger charge is 2.26. The molecule has 1 aliphatic rings. The number of alkyl halides is 1. The van der Waals surface area contributed by atoms with Crippen LogP contribution in [-0.2, 0) is 19.7 Å². The second kappa shape index (κ2) is 10.6. The van der Waals surface area contributed by atoms with Gasteiger partial charge in [-0.15, -0.1) is 0 Å². The first-order chi connectivity index (χ1) is 9.78. The van der Waals surface area contributed by atoms with Crippen molar-refractivity contribution in [1.82, 2.24) is 5.06 Å². The number of hydrogen-bond donors (Lipinski definition) is 2.